The van der Waals surface area contributed by atoms with E-state index in [1.54, 1.807) is 30.3 Å². The van der Waals surface area contributed by atoms with Gasteiger partial charge < -0.3 is 14.8 Å². The molecule has 1 N–H and O–H groups in total. The van der Waals surface area contributed by atoms with Gasteiger partial charge in [-0.3, -0.25) is 4.79 Å². The number of ether oxygens (including phenoxy) is 2. The number of hydrogen-bond acceptors (Lipinski definition) is 5. The number of sulfonamides is 1. The first-order valence-corrected chi connectivity index (χ1v) is 9.33. The third-order valence-corrected chi connectivity index (χ3v) is 5.63. The molecule has 1 amide bonds. The first kappa shape index (κ1) is 20.0. The molecule has 0 heterocycles. The van der Waals surface area contributed by atoms with Crippen LogP contribution in [0.25, 0.3) is 0 Å². The SMILES string of the molecule is COc1ccc(OC)c(S(=O)(=O)N(C)CC(=O)Nc2ccc(Cl)cc2)c1. The maximum atomic E-state index is 12.8. The minimum absolute atomic E-state index is 0.0823. The fourth-order valence-electron chi connectivity index (χ4n) is 2.17. The van der Waals surface area contributed by atoms with E-state index in [-0.39, 0.29) is 17.2 Å². The van der Waals surface area contributed by atoms with Crippen molar-refractivity contribution in [2.24, 2.45) is 0 Å². The summed E-state index contributed by atoms with van der Waals surface area (Å²) in [4.78, 5) is 12.1. The summed E-state index contributed by atoms with van der Waals surface area (Å²) in [5.41, 5.74) is 0.518. The Labute approximate surface area is 157 Å². The third-order valence-electron chi connectivity index (χ3n) is 3.55. The Morgan fingerprint density at radius 2 is 1.77 bits per heavy atom. The Hall–Kier alpha value is -2.29. The molecule has 0 saturated carbocycles. The van der Waals surface area contributed by atoms with Crippen molar-refractivity contribution in [2.45, 2.75) is 4.90 Å². The van der Waals surface area contributed by atoms with Crippen molar-refractivity contribution in [3.05, 3.63) is 47.5 Å². The number of anilines is 1. The Morgan fingerprint density at radius 3 is 2.35 bits per heavy atom. The van der Waals surface area contributed by atoms with Crippen molar-refractivity contribution in [1.82, 2.24) is 4.31 Å². The summed E-state index contributed by atoms with van der Waals surface area (Å²) >= 11 is 5.79. The van der Waals surface area contributed by atoms with Gasteiger partial charge in [0.15, 0.2) is 0 Å². The van der Waals surface area contributed by atoms with Crippen LogP contribution in [-0.2, 0) is 14.8 Å². The highest BCUT2D eigenvalue weighted by molar-refractivity contribution is 7.89. The second-order valence-corrected chi connectivity index (χ2v) is 7.78. The number of benzene rings is 2. The maximum Gasteiger partial charge on any atom is 0.247 e. The van der Waals surface area contributed by atoms with Crippen LogP contribution in [0.1, 0.15) is 0 Å². The van der Waals surface area contributed by atoms with Crippen molar-refractivity contribution >= 4 is 33.2 Å². The van der Waals surface area contributed by atoms with Crippen molar-refractivity contribution in [1.29, 1.82) is 0 Å². The highest BCUT2D eigenvalue weighted by Gasteiger charge is 2.27. The Kier molecular flexibility index (Phi) is 6.47. The number of carbonyl (C=O) groups excluding carboxylic acids is 1. The average Bonchev–Trinajstić information content (AvgIpc) is 2.62. The first-order chi connectivity index (χ1) is 12.3. The lowest BCUT2D eigenvalue weighted by atomic mass is 10.3. The van der Waals surface area contributed by atoms with E-state index in [0.717, 1.165) is 4.31 Å². The standard InChI is InChI=1S/C17H19ClN2O5S/c1-20(11-17(21)19-13-6-4-12(18)5-7-13)26(22,23)16-10-14(24-2)8-9-15(16)25-3/h4-10H,11H2,1-3H3,(H,19,21). The zero-order chi connectivity index (χ0) is 19.3. The van der Waals surface area contributed by atoms with Crippen LogP contribution >= 0.6 is 11.6 Å². The molecule has 0 aliphatic carbocycles. The van der Waals surface area contributed by atoms with Crippen LogP contribution in [0.15, 0.2) is 47.4 Å². The number of hydrogen-bond donors (Lipinski definition) is 1. The van der Waals surface area contributed by atoms with Crippen LogP contribution in [-0.4, -0.2) is 46.4 Å². The third kappa shape index (κ3) is 4.66. The smallest absolute Gasteiger partial charge is 0.247 e. The summed E-state index contributed by atoms with van der Waals surface area (Å²) in [6.45, 7) is -0.370. The molecule has 0 atom stereocenters. The van der Waals surface area contributed by atoms with Gasteiger partial charge >= 0.3 is 0 Å². The lowest BCUT2D eigenvalue weighted by Crippen LogP contribution is -2.35. The molecule has 2 rings (SSSR count). The van der Waals surface area contributed by atoms with Gasteiger partial charge in [-0.1, -0.05) is 11.6 Å². The van der Waals surface area contributed by atoms with Crippen molar-refractivity contribution in [3.8, 4) is 11.5 Å². The monoisotopic (exact) mass is 398 g/mol. The van der Waals surface area contributed by atoms with E-state index in [9.17, 15) is 13.2 Å². The van der Waals surface area contributed by atoms with Crippen LogP contribution in [0.2, 0.25) is 5.02 Å². The predicted molar refractivity (Wildman–Crippen MR) is 99.4 cm³/mol. The molecule has 0 fully saturated rings. The molecular formula is C17H19ClN2O5S. The quantitative estimate of drug-likeness (QED) is 0.774. The van der Waals surface area contributed by atoms with Crippen LogP contribution in [0.5, 0.6) is 11.5 Å². The van der Waals surface area contributed by atoms with E-state index >= 15 is 0 Å². The number of halogens is 1. The molecule has 9 heteroatoms. The summed E-state index contributed by atoms with van der Waals surface area (Å²) in [6.07, 6.45) is 0. The highest BCUT2D eigenvalue weighted by Crippen LogP contribution is 2.30. The molecular weight excluding hydrogens is 380 g/mol. The lowest BCUT2D eigenvalue weighted by molar-refractivity contribution is -0.116. The van der Waals surface area contributed by atoms with E-state index < -0.39 is 15.9 Å². The zero-order valence-electron chi connectivity index (χ0n) is 14.5. The van der Waals surface area contributed by atoms with E-state index in [4.69, 9.17) is 21.1 Å². The summed E-state index contributed by atoms with van der Waals surface area (Å²) in [6, 6.07) is 10.9. The number of nitrogens with one attached hydrogen (secondary N) is 1. The highest BCUT2D eigenvalue weighted by atomic mass is 35.5. The molecule has 26 heavy (non-hydrogen) atoms. The van der Waals surface area contributed by atoms with Crippen molar-refractivity contribution < 1.29 is 22.7 Å². The maximum absolute atomic E-state index is 12.8. The fraction of sp³-hybridized carbons (Fsp3) is 0.235. The van der Waals surface area contributed by atoms with E-state index in [0.29, 0.717) is 16.5 Å². The van der Waals surface area contributed by atoms with Gasteiger partial charge in [-0.15, -0.1) is 0 Å². The Morgan fingerprint density at radius 1 is 1.12 bits per heavy atom. The summed E-state index contributed by atoms with van der Waals surface area (Å²) in [5, 5.41) is 3.15. The van der Waals surface area contributed by atoms with Gasteiger partial charge in [0.1, 0.15) is 16.4 Å². The van der Waals surface area contributed by atoms with Gasteiger partial charge in [-0.05, 0) is 36.4 Å². The normalized spacial score (nSPS) is 11.3. The molecule has 7 nitrogen and oxygen atoms in total. The molecule has 0 radical (unpaired) electrons. The molecule has 0 unspecified atom stereocenters. The molecule has 2 aromatic carbocycles. The van der Waals surface area contributed by atoms with Crippen LogP contribution in [0.4, 0.5) is 5.69 Å². The van der Waals surface area contributed by atoms with Crippen molar-refractivity contribution in [3.63, 3.8) is 0 Å². The Bertz CT molecular complexity index is 885. The zero-order valence-corrected chi connectivity index (χ0v) is 16.1. The van der Waals surface area contributed by atoms with Gasteiger partial charge in [-0.25, -0.2) is 8.42 Å². The molecule has 0 aromatic heterocycles. The minimum Gasteiger partial charge on any atom is -0.497 e. The number of methoxy groups -OCH3 is 2. The van der Waals surface area contributed by atoms with Gasteiger partial charge in [0.2, 0.25) is 15.9 Å². The van der Waals surface area contributed by atoms with Gasteiger partial charge in [0.25, 0.3) is 0 Å². The molecule has 0 spiro atoms. The molecule has 0 bridgehead atoms. The topological polar surface area (TPSA) is 84.9 Å². The minimum atomic E-state index is -3.96. The molecule has 0 aliphatic heterocycles. The molecule has 140 valence electrons. The molecule has 2 aromatic rings. The summed E-state index contributed by atoms with van der Waals surface area (Å²) in [7, 11) is 0.154. The van der Waals surface area contributed by atoms with Crippen molar-refractivity contribution in [2.75, 3.05) is 33.1 Å². The van der Waals surface area contributed by atoms with Gasteiger partial charge in [0, 0.05) is 23.8 Å². The number of amides is 1. The number of rotatable bonds is 7. The Balaban J connectivity index is 2.18. The van der Waals surface area contributed by atoms with E-state index in [1.165, 1.54) is 33.4 Å². The van der Waals surface area contributed by atoms with E-state index in [2.05, 4.69) is 5.32 Å². The lowest BCUT2D eigenvalue weighted by Gasteiger charge is -2.19. The molecule has 0 saturated heterocycles. The number of carbonyl (C=O) groups is 1. The molecule has 0 aliphatic rings. The van der Waals surface area contributed by atoms with Gasteiger partial charge in [-0.2, -0.15) is 4.31 Å². The largest absolute Gasteiger partial charge is 0.497 e. The van der Waals surface area contributed by atoms with Gasteiger partial charge in [0.05, 0.1) is 20.8 Å². The first-order valence-electron chi connectivity index (χ1n) is 7.51. The summed E-state index contributed by atoms with van der Waals surface area (Å²) in [5.74, 6) is 0.0411. The van der Waals surface area contributed by atoms with E-state index in [1.807, 2.05) is 0 Å². The predicted octanol–water partition coefficient (Wildman–Crippen LogP) is 2.62. The second kappa shape index (κ2) is 8.39. The van der Waals surface area contributed by atoms with Crippen LogP contribution in [0, 0.1) is 0 Å². The fourth-order valence-corrected chi connectivity index (χ4v) is 3.59. The average molecular weight is 399 g/mol. The van der Waals surface area contributed by atoms with Crippen LogP contribution < -0.4 is 14.8 Å². The van der Waals surface area contributed by atoms with Crippen LogP contribution in [0.3, 0.4) is 0 Å². The second-order valence-electron chi connectivity index (χ2n) is 5.33. The number of nitrogens with zero attached hydrogens (tertiary/aromatic N) is 1. The number of likely N-dealkylation sites (N-methyl/N-ethyl adjacent to an activating group) is 1. The summed E-state index contributed by atoms with van der Waals surface area (Å²) < 4.78 is 36.7.